The van der Waals surface area contributed by atoms with Crippen molar-refractivity contribution in [2.75, 3.05) is 7.05 Å². The van der Waals surface area contributed by atoms with Gasteiger partial charge in [-0.2, -0.15) is 0 Å². The van der Waals surface area contributed by atoms with Gasteiger partial charge in [0.05, 0.1) is 5.71 Å². The van der Waals surface area contributed by atoms with E-state index < -0.39 is 0 Å². The lowest BCUT2D eigenvalue weighted by Gasteiger charge is -2.12. The van der Waals surface area contributed by atoms with Crippen molar-refractivity contribution in [2.24, 2.45) is 10.9 Å². The van der Waals surface area contributed by atoms with Gasteiger partial charge in [0.25, 0.3) is 0 Å². The summed E-state index contributed by atoms with van der Waals surface area (Å²) in [6.45, 7) is 11.0. The second-order valence-corrected chi connectivity index (χ2v) is 7.06. The number of allylic oxidation sites excluding steroid dienone is 1. The summed E-state index contributed by atoms with van der Waals surface area (Å²) in [6, 6.07) is 13.2. The maximum absolute atomic E-state index is 4.51. The molecule has 0 aliphatic rings. The van der Waals surface area contributed by atoms with Gasteiger partial charge in [-0.3, -0.25) is 4.99 Å². The van der Waals surface area contributed by atoms with Crippen molar-refractivity contribution >= 4 is 11.8 Å². The normalized spacial score (nSPS) is 12.4. The Kier molecular flexibility index (Phi) is 6.14. The first-order valence-corrected chi connectivity index (χ1v) is 8.72. The number of benzene rings is 2. The third kappa shape index (κ3) is 4.67. The SMILES string of the molecule is CN=C(/C=C\c1c(C)cccc1CC(C)C)c1cc(C)cc(C)c1. The molecule has 0 aliphatic heterocycles. The Morgan fingerprint density at radius 2 is 1.71 bits per heavy atom. The van der Waals surface area contributed by atoms with Crippen LogP contribution >= 0.6 is 0 Å². The van der Waals surface area contributed by atoms with E-state index in [0.717, 1.165) is 12.1 Å². The van der Waals surface area contributed by atoms with Crippen LogP contribution in [-0.2, 0) is 6.42 Å². The molecule has 1 nitrogen and oxygen atoms in total. The molecule has 0 fully saturated rings. The van der Waals surface area contributed by atoms with Gasteiger partial charge in [-0.05, 0) is 68.0 Å². The quantitative estimate of drug-likeness (QED) is 0.604. The van der Waals surface area contributed by atoms with E-state index in [1.54, 1.807) is 0 Å². The molecule has 2 rings (SSSR count). The monoisotopic (exact) mass is 319 g/mol. The van der Waals surface area contributed by atoms with Crippen molar-refractivity contribution in [1.29, 1.82) is 0 Å². The van der Waals surface area contributed by atoms with E-state index in [-0.39, 0.29) is 0 Å². The molecule has 24 heavy (non-hydrogen) atoms. The average molecular weight is 319 g/mol. The highest BCUT2D eigenvalue weighted by atomic mass is 14.7. The summed E-state index contributed by atoms with van der Waals surface area (Å²) in [4.78, 5) is 4.51. The topological polar surface area (TPSA) is 12.4 Å². The van der Waals surface area contributed by atoms with Crippen LogP contribution in [0.15, 0.2) is 47.5 Å². The lowest BCUT2D eigenvalue weighted by Crippen LogP contribution is -2.00. The molecule has 0 saturated heterocycles. The molecule has 0 bridgehead atoms. The van der Waals surface area contributed by atoms with Crippen LogP contribution in [-0.4, -0.2) is 12.8 Å². The van der Waals surface area contributed by atoms with E-state index in [2.05, 4.69) is 88.2 Å². The largest absolute Gasteiger partial charge is 0.288 e. The maximum Gasteiger partial charge on any atom is 0.0643 e. The minimum absolute atomic E-state index is 0.651. The predicted molar refractivity (Wildman–Crippen MR) is 107 cm³/mol. The van der Waals surface area contributed by atoms with E-state index in [9.17, 15) is 0 Å². The molecule has 126 valence electrons. The first kappa shape index (κ1) is 18.2. The van der Waals surface area contributed by atoms with Gasteiger partial charge in [-0.1, -0.05) is 55.3 Å². The van der Waals surface area contributed by atoms with E-state index in [4.69, 9.17) is 0 Å². The predicted octanol–water partition coefficient (Wildman–Crippen LogP) is 5.94. The van der Waals surface area contributed by atoms with Gasteiger partial charge in [-0.15, -0.1) is 0 Å². The van der Waals surface area contributed by atoms with Crippen molar-refractivity contribution in [1.82, 2.24) is 0 Å². The van der Waals surface area contributed by atoms with Gasteiger partial charge < -0.3 is 0 Å². The van der Waals surface area contributed by atoms with Crippen LogP contribution in [0.25, 0.3) is 6.08 Å². The standard InChI is InChI=1S/C23H29N/c1-16(2)12-20-9-7-8-19(5)22(20)10-11-23(24-6)21-14-17(3)13-18(4)15-21/h7-11,13-16H,12H2,1-6H3/b11-10-,24-23?. The van der Waals surface area contributed by atoms with Crippen LogP contribution in [0, 0.1) is 26.7 Å². The van der Waals surface area contributed by atoms with E-state index in [1.165, 1.54) is 33.4 Å². The van der Waals surface area contributed by atoms with Gasteiger partial charge in [0.1, 0.15) is 0 Å². The second-order valence-electron chi connectivity index (χ2n) is 7.06. The molecule has 0 atom stereocenters. The summed E-state index contributed by atoms with van der Waals surface area (Å²) >= 11 is 0. The second kappa shape index (κ2) is 8.10. The molecule has 2 aromatic carbocycles. The van der Waals surface area contributed by atoms with E-state index in [1.807, 2.05) is 7.05 Å². The van der Waals surface area contributed by atoms with Crippen LogP contribution in [0.4, 0.5) is 0 Å². The molecule has 0 unspecified atom stereocenters. The van der Waals surface area contributed by atoms with Gasteiger partial charge in [-0.25, -0.2) is 0 Å². The van der Waals surface area contributed by atoms with Crippen LogP contribution < -0.4 is 0 Å². The summed E-state index contributed by atoms with van der Waals surface area (Å²) in [5.41, 5.74) is 8.83. The smallest absolute Gasteiger partial charge is 0.0643 e. The highest BCUT2D eigenvalue weighted by molar-refractivity contribution is 6.11. The van der Waals surface area contributed by atoms with Crippen LogP contribution in [0.1, 0.15) is 47.2 Å². The Labute approximate surface area is 147 Å². The number of aliphatic imine (C=N–C) groups is 1. The highest BCUT2D eigenvalue weighted by Crippen LogP contribution is 2.20. The molecule has 0 N–H and O–H groups in total. The van der Waals surface area contributed by atoms with Gasteiger partial charge >= 0.3 is 0 Å². The van der Waals surface area contributed by atoms with Gasteiger partial charge in [0.2, 0.25) is 0 Å². The van der Waals surface area contributed by atoms with Crippen LogP contribution in [0.2, 0.25) is 0 Å². The number of hydrogen-bond acceptors (Lipinski definition) is 1. The molecular weight excluding hydrogens is 290 g/mol. The minimum Gasteiger partial charge on any atom is -0.288 e. The zero-order valence-electron chi connectivity index (χ0n) is 15.9. The fourth-order valence-corrected chi connectivity index (χ4v) is 3.18. The van der Waals surface area contributed by atoms with Crippen molar-refractivity contribution in [3.8, 4) is 0 Å². The summed E-state index contributed by atoms with van der Waals surface area (Å²) in [5, 5.41) is 0. The van der Waals surface area contributed by atoms with E-state index >= 15 is 0 Å². The molecule has 0 spiro atoms. The summed E-state index contributed by atoms with van der Waals surface area (Å²) < 4.78 is 0. The van der Waals surface area contributed by atoms with Crippen molar-refractivity contribution < 1.29 is 0 Å². The van der Waals surface area contributed by atoms with Crippen molar-refractivity contribution in [3.05, 3.63) is 75.9 Å². The molecule has 0 saturated carbocycles. The first-order valence-electron chi connectivity index (χ1n) is 8.72. The Hall–Kier alpha value is -2.15. The van der Waals surface area contributed by atoms with Crippen molar-refractivity contribution in [3.63, 3.8) is 0 Å². The molecule has 0 heterocycles. The molecule has 2 aromatic rings. The molecule has 0 amide bonds. The zero-order valence-corrected chi connectivity index (χ0v) is 15.9. The zero-order chi connectivity index (χ0) is 17.7. The van der Waals surface area contributed by atoms with Gasteiger partial charge in [0.15, 0.2) is 0 Å². The summed E-state index contributed by atoms with van der Waals surface area (Å²) in [6.07, 6.45) is 5.48. The fourth-order valence-electron chi connectivity index (χ4n) is 3.18. The average Bonchev–Trinajstić information content (AvgIpc) is 2.48. The Morgan fingerprint density at radius 3 is 2.29 bits per heavy atom. The number of nitrogens with zero attached hydrogens (tertiary/aromatic N) is 1. The Morgan fingerprint density at radius 1 is 1.04 bits per heavy atom. The first-order chi connectivity index (χ1) is 11.4. The molecule has 0 aliphatic carbocycles. The third-order valence-electron chi connectivity index (χ3n) is 4.21. The third-order valence-corrected chi connectivity index (χ3v) is 4.21. The lowest BCUT2D eigenvalue weighted by atomic mass is 9.94. The van der Waals surface area contributed by atoms with Gasteiger partial charge in [0, 0.05) is 12.6 Å². The minimum atomic E-state index is 0.651. The number of aryl methyl sites for hydroxylation is 3. The maximum atomic E-state index is 4.51. The molecule has 0 aromatic heterocycles. The van der Waals surface area contributed by atoms with E-state index in [0.29, 0.717) is 5.92 Å². The Bertz CT molecular complexity index is 743. The van der Waals surface area contributed by atoms with Crippen molar-refractivity contribution in [2.45, 2.75) is 41.0 Å². The number of hydrogen-bond donors (Lipinski definition) is 0. The highest BCUT2D eigenvalue weighted by Gasteiger charge is 2.06. The number of rotatable bonds is 5. The summed E-state index contributed by atoms with van der Waals surface area (Å²) in [5.74, 6) is 0.651. The molecule has 1 heteroatoms. The van der Waals surface area contributed by atoms with Crippen LogP contribution in [0.3, 0.4) is 0 Å². The molecular formula is C23H29N. The lowest BCUT2D eigenvalue weighted by molar-refractivity contribution is 0.646. The summed E-state index contributed by atoms with van der Waals surface area (Å²) in [7, 11) is 1.87. The van der Waals surface area contributed by atoms with Crippen LogP contribution in [0.5, 0.6) is 0 Å². The fraction of sp³-hybridized carbons (Fsp3) is 0.348. The molecule has 0 radical (unpaired) electrons. The Balaban J connectivity index is 2.38.